The molecule has 0 spiro atoms. The number of hydrogen-bond donors (Lipinski definition) is 1. The van der Waals surface area contributed by atoms with Crippen LogP contribution in [-0.2, 0) is 16.0 Å². The smallest absolute Gasteiger partial charge is 0.237 e. The van der Waals surface area contributed by atoms with Crippen LogP contribution in [0.4, 0.5) is 0 Å². The van der Waals surface area contributed by atoms with E-state index in [2.05, 4.69) is 22.3 Å². The fraction of sp³-hybridized carbons (Fsp3) is 0.529. The second kappa shape index (κ2) is 7.94. The largest absolute Gasteiger partial charge is 0.353 e. The number of hydrogen-bond acceptors (Lipinski definition) is 3. The second-order valence-corrected chi connectivity index (χ2v) is 5.92. The molecule has 1 aliphatic rings. The Bertz CT molecular complexity index is 502. The van der Waals surface area contributed by atoms with Gasteiger partial charge in [-0.05, 0) is 24.9 Å². The minimum absolute atomic E-state index is 0.00453. The summed E-state index contributed by atoms with van der Waals surface area (Å²) in [6.45, 7) is 2.32. The standard InChI is InChI=1S/C17H25N3O2/c1-19(2)16(21)13-15-17(22)18-10-12-20(15)11-6-9-14-7-4-3-5-8-14/h3-5,7-8,15H,6,9-13H2,1-2H3,(H,18,22). The zero-order valence-electron chi connectivity index (χ0n) is 13.4. The SMILES string of the molecule is CN(C)C(=O)CC1C(=O)NCCN1CCCc1ccccc1. The molecule has 1 saturated heterocycles. The van der Waals surface area contributed by atoms with Gasteiger partial charge in [-0.1, -0.05) is 30.3 Å². The van der Waals surface area contributed by atoms with Crippen LogP contribution in [0.2, 0.25) is 0 Å². The van der Waals surface area contributed by atoms with Gasteiger partial charge < -0.3 is 10.2 Å². The number of nitrogens with one attached hydrogen (secondary N) is 1. The Kier molecular flexibility index (Phi) is 5.95. The molecule has 2 amide bonds. The zero-order chi connectivity index (χ0) is 15.9. The zero-order valence-corrected chi connectivity index (χ0v) is 13.4. The summed E-state index contributed by atoms with van der Waals surface area (Å²) in [6.07, 6.45) is 2.24. The summed E-state index contributed by atoms with van der Waals surface area (Å²) < 4.78 is 0. The quantitative estimate of drug-likeness (QED) is 0.849. The van der Waals surface area contributed by atoms with E-state index in [0.29, 0.717) is 6.54 Å². The van der Waals surface area contributed by atoms with E-state index in [-0.39, 0.29) is 24.3 Å². The van der Waals surface area contributed by atoms with Gasteiger partial charge in [0.05, 0.1) is 12.5 Å². The predicted octanol–water partition coefficient (Wildman–Crippen LogP) is 0.898. The van der Waals surface area contributed by atoms with Gasteiger partial charge in [-0.3, -0.25) is 14.5 Å². The number of rotatable bonds is 6. The molecule has 1 aliphatic heterocycles. The Balaban J connectivity index is 1.88. The first-order chi connectivity index (χ1) is 10.6. The van der Waals surface area contributed by atoms with Crippen molar-refractivity contribution in [3.8, 4) is 0 Å². The van der Waals surface area contributed by atoms with Crippen molar-refractivity contribution in [1.29, 1.82) is 0 Å². The van der Waals surface area contributed by atoms with Crippen molar-refractivity contribution in [3.05, 3.63) is 35.9 Å². The van der Waals surface area contributed by atoms with E-state index in [1.807, 2.05) is 18.2 Å². The number of piperazine rings is 1. The van der Waals surface area contributed by atoms with E-state index in [4.69, 9.17) is 0 Å². The molecule has 0 saturated carbocycles. The Labute approximate surface area is 132 Å². The van der Waals surface area contributed by atoms with Gasteiger partial charge in [0.15, 0.2) is 0 Å². The fourth-order valence-electron chi connectivity index (χ4n) is 2.73. The molecule has 1 N–H and O–H groups in total. The fourth-order valence-corrected chi connectivity index (χ4v) is 2.73. The lowest BCUT2D eigenvalue weighted by Crippen LogP contribution is -2.56. The van der Waals surface area contributed by atoms with Crippen LogP contribution in [0.3, 0.4) is 0 Å². The third-order valence-corrected chi connectivity index (χ3v) is 4.06. The van der Waals surface area contributed by atoms with E-state index in [9.17, 15) is 9.59 Å². The predicted molar refractivity (Wildman–Crippen MR) is 86.4 cm³/mol. The van der Waals surface area contributed by atoms with E-state index < -0.39 is 0 Å². The van der Waals surface area contributed by atoms with Gasteiger partial charge >= 0.3 is 0 Å². The van der Waals surface area contributed by atoms with Crippen LogP contribution >= 0.6 is 0 Å². The van der Waals surface area contributed by atoms with Crippen molar-refractivity contribution in [3.63, 3.8) is 0 Å². The molecule has 2 rings (SSSR count). The average molecular weight is 303 g/mol. The van der Waals surface area contributed by atoms with Gasteiger partial charge in [0.1, 0.15) is 0 Å². The molecule has 5 heteroatoms. The number of carbonyl (C=O) groups excluding carboxylic acids is 2. The molecule has 0 aliphatic carbocycles. The highest BCUT2D eigenvalue weighted by molar-refractivity contribution is 5.88. The molecule has 1 unspecified atom stereocenters. The summed E-state index contributed by atoms with van der Waals surface area (Å²) >= 11 is 0. The molecule has 1 aromatic rings. The number of amides is 2. The first kappa shape index (κ1) is 16.5. The van der Waals surface area contributed by atoms with Crippen molar-refractivity contribution in [2.24, 2.45) is 0 Å². The summed E-state index contributed by atoms with van der Waals surface area (Å²) in [7, 11) is 3.45. The highest BCUT2D eigenvalue weighted by atomic mass is 16.2. The van der Waals surface area contributed by atoms with Gasteiger partial charge in [-0.25, -0.2) is 0 Å². The molecule has 22 heavy (non-hydrogen) atoms. The summed E-state index contributed by atoms with van der Waals surface area (Å²) in [6, 6.07) is 10.0. The monoisotopic (exact) mass is 303 g/mol. The molecular weight excluding hydrogens is 278 g/mol. The average Bonchev–Trinajstić information content (AvgIpc) is 2.51. The third kappa shape index (κ3) is 4.56. The number of nitrogens with zero attached hydrogens (tertiary/aromatic N) is 2. The van der Waals surface area contributed by atoms with Gasteiger partial charge in [0.2, 0.25) is 11.8 Å². The first-order valence-corrected chi connectivity index (χ1v) is 7.84. The van der Waals surface area contributed by atoms with Crippen LogP contribution in [0.15, 0.2) is 30.3 Å². The summed E-state index contributed by atoms with van der Waals surface area (Å²) in [5.41, 5.74) is 1.31. The van der Waals surface area contributed by atoms with E-state index in [0.717, 1.165) is 25.9 Å². The molecule has 1 fully saturated rings. The number of benzene rings is 1. The maximum atomic E-state index is 12.1. The van der Waals surface area contributed by atoms with Gasteiger partial charge in [-0.2, -0.15) is 0 Å². The van der Waals surface area contributed by atoms with Gasteiger partial charge in [0, 0.05) is 27.2 Å². The van der Waals surface area contributed by atoms with Crippen LogP contribution < -0.4 is 5.32 Å². The van der Waals surface area contributed by atoms with E-state index >= 15 is 0 Å². The first-order valence-electron chi connectivity index (χ1n) is 7.84. The summed E-state index contributed by atoms with van der Waals surface area (Å²) in [5.74, 6) is -0.0312. The van der Waals surface area contributed by atoms with Crippen molar-refractivity contribution < 1.29 is 9.59 Å². The van der Waals surface area contributed by atoms with Gasteiger partial charge in [0.25, 0.3) is 0 Å². The molecule has 120 valence electrons. The van der Waals surface area contributed by atoms with Crippen LogP contribution in [0.1, 0.15) is 18.4 Å². The molecule has 1 aromatic carbocycles. The van der Waals surface area contributed by atoms with Crippen LogP contribution in [0.5, 0.6) is 0 Å². The Morgan fingerprint density at radius 2 is 2.05 bits per heavy atom. The van der Waals surface area contributed by atoms with Crippen molar-refractivity contribution in [1.82, 2.24) is 15.1 Å². The topological polar surface area (TPSA) is 52.7 Å². The second-order valence-electron chi connectivity index (χ2n) is 5.92. The summed E-state index contributed by atoms with van der Waals surface area (Å²) in [5, 5.41) is 2.86. The normalized spacial score (nSPS) is 18.8. The lowest BCUT2D eigenvalue weighted by Gasteiger charge is -2.35. The molecule has 1 heterocycles. The van der Waals surface area contributed by atoms with Crippen molar-refractivity contribution in [2.75, 3.05) is 33.7 Å². The Morgan fingerprint density at radius 3 is 2.73 bits per heavy atom. The minimum Gasteiger partial charge on any atom is -0.353 e. The van der Waals surface area contributed by atoms with Crippen molar-refractivity contribution >= 4 is 11.8 Å². The third-order valence-electron chi connectivity index (χ3n) is 4.06. The maximum absolute atomic E-state index is 12.1. The van der Waals surface area contributed by atoms with Crippen LogP contribution in [-0.4, -0.2) is 61.4 Å². The Morgan fingerprint density at radius 1 is 1.32 bits per heavy atom. The van der Waals surface area contributed by atoms with Crippen molar-refractivity contribution in [2.45, 2.75) is 25.3 Å². The van der Waals surface area contributed by atoms with Crippen LogP contribution in [0.25, 0.3) is 0 Å². The molecule has 0 bridgehead atoms. The highest BCUT2D eigenvalue weighted by Crippen LogP contribution is 2.12. The van der Waals surface area contributed by atoms with Gasteiger partial charge in [-0.15, -0.1) is 0 Å². The minimum atomic E-state index is -0.334. The molecule has 0 aromatic heterocycles. The molecule has 5 nitrogen and oxygen atoms in total. The maximum Gasteiger partial charge on any atom is 0.237 e. The van der Waals surface area contributed by atoms with Crippen LogP contribution in [0, 0.1) is 0 Å². The molecular formula is C17H25N3O2. The number of carbonyl (C=O) groups is 2. The highest BCUT2D eigenvalue weighted by Gasteiger charge is 2.31. The lowest BCUT2D eigenvalue weighted by atomic mass is 10.1. The summed E-state index contributed by atoms with van der Waals surface area (Å²) in [4.78, 5) is 27.7. The van der Waals surface area contributed by atoms with E-state index in [1.54, 1.807) is 19.0 Å². The lowest BCUT2D eigenvalue weighted by molar-refractivity contribution is -0.137. The molecule has 0 radical (unpaired) electrons. The number of aryl methyl sites for hydroxylation is 1. The van der Waals surface area contributed by atoms with E-state index in [1.165, 1.54) is 5.56 Å². The Hall–Kier alpha value is -1.88. The molecule has 1 atom stereocenters.